The summed E-state index contributed by atoms with van der Waals surface area (Å²) in [5.41, 5.74) is 0.124. The number of nitrogens with one attached hydrogen (secondary N) is 1. The van der Waals surface area contributed by atoms with E-state index in [4.69, 9.17) is 9.84 Å². The summed E-state index contributed by atoms with van der Waals surface area (Å²) in [5, 5.41) is 21.1. The van der Waals surface area contributed by atoms with Gasteiger partial charge >= 0.3 is 12.1 Å². The van der Waals surface area contributed by atoms with Crippen molar-refractivity contribution in [2.45, 2.75) is 45.8 Å². The lowest BCUT2D eigenvalue weighted by molar-refractivity contribution is -0.139. The number of ether oxygens (including phenoxy) is 1. The molecule has 0 saturated heterocycles. The van der Waals surface area contributed by atoms with Gasteiger partial charge in [0.15, 0.2) is 0 Å². The predicted octanol–water partition coefficient (Wildman–Crippen LogP) is 1.62. The molecule has 116 valence electrons. The van der Waals surface area contributed by atoms with Crippen molar-refractivity contribution < 1.29 is 24.5 Å². The van der Waals surface area contributed by atoms with Crippen LogP contribution in [0.2, 0.25) is 0 Å². The maximum absolute atomic E-state index is 11.6. The monoisotopic (exact) mass is 296 g/mol. The fourth-order valence-electron chi connectivity index (χ4n) is 1.60. The average Bonchev–Trinajstić information content (AvgIpc) is 2.30. The molecule has 1 unspecified atom stereocenters. The number of hydrogen-bond donors (Lipinski definition) is 3. The Kier molecular flexibility index (Phi) is 5.12. The van der Waals surface area contributed by atoms with Crippen LogP contribution < -0.4 is 5.32 Å². The molecular weight excluding hydrogens is 276 g/mol. The van der Waals surface area contributed by atoms with Crippen molar-refractivity contribution in [1.82, 2.24) is 10.3 Å². The van der Waals surface area contributed by atoms with Gasteiger partial charge in [0.05, 0.1) is 5.69 Å². The molecule has 0 spiro atoms. The van der Waals surface area contributed by atoms with Gasteiger partial charge in [0.25, 0.3) is 0 Å². The Labute approximate surface area is 123 Å². The van der Waals surface area contributed by atoms with E-state index in [1.165, 1.54) is 6.07 Å². The summed E-state index contributed by atoms with van der Waals surface area (Å²) in [7, 11) is 0. The van der Waals surface area contributed by atoms with Crippen LogP contribution in [0.3, 0.4) is 0 Å². The van der Waals surface area contributed by atoms with Crippen LogP contribution in [0.4, 0.5) is 4.79 Å². The highest BCUT2D eigenvalue weighted by Crippen LogP contribution is 2.17. The molecule has 1 aromatic heterocycles. The predicted molar refractivity (Wildman–Crippen MR) is 75.1 cm³/mol. The molecule has 1 heterocycles. The molecular formula is C14H20N2O5. The normalized spacial score (nSPS) is 12.6. The van der Waals surface area contributed by atoms with Gasteiger partial charge in [-0.1, -0.05) is 0 Å². The van der Waals surface area contributed by atoms with Gasteiger partial charge in [-0.2, -0.15) is 0 Å². The lowest BCUT2D eigenvalue weighted by atomic mass is 10.1. The highest BCUT2D eigenvalue weighted by atomic mass is 16.6. The molecule has 0 fully saturated rings. The van der Waals surface area contributed by atoms with Crippen LogP contribution >= 0.6 is 0 Å². The Morgan fingerprint density at radius 1 is 1.38 bits per heavy atom. The van der Waals surface area contributed by atoms with E-state index in [2.05, 4.69) is 10.3 Å². The molecule has 0 aromatic carbocycles. The summed E-state index contributed by atoms with van der Waals surface area (Å²) in [6.45, 7) is 6.75. The number of carboxylic acid groups (broad SMARTS) is 1. The number of aromatic hydroxyl groups is 1. The molecule has 21 heavy (non-hydrogen) atoms. The van der Waals surface area contributed by atoms with E-state index in [0.29, 0.717) is 5.69 Å². The van der Waals surface area contributed by atoms with Crippen molar-refractivity contribution in [3.63, 3.8) is 0 Å². The molecule has 0 aliphatic rings. The quantitative estimate of drug-likeness (QED) is 0.779. The highest BCUT2D eigenvalue weighted by Gasteiger charge is 2.25. The first kappa shape index (κ1) is 16.7. The van der Waals surface area contributed by atoms with Crippen LogP contribution in [0.25, 0.3) is 0 Å². The number of amides is 1. The van der Waals surface area contributed by atoms with E-state index in [-0.39, 0.29) is 17.9 Å². The zero-order chi connectivity index (χ0) is 16.2. The number of carbonyl (C=O) groups excluding carboxylic acids is 1. The zero-order valence-corrected chi connectivity index (χ0v) is 12.5. The average molecular weight is 296 g/mol. The van der Waals surface area contributed by atoms with Crippen molar-refractivity contribution in [3.05, 3.63) is 23.5 Å². The SMILES string of the molecule is Cc1ccc(O)c(CC(NC(=O)OC(C)(C)C)C(=O)O)n1. The fraction of sp³-hybridized carbons (Fsp3) is 0.500. The first-order chi connectivity index (χ1) is 9.58. The first-order valence-corrected chi connectivity index (χ1v) is 6.46. The highest BCUT2D eigenvalue weighted by molar-refractivity contribution is 5.80. The van der Waals surface area contributed by atoms with E-state index in [1.807, 2.05) is 0 Å². The van der Waals surface area contributed by atoms with Gasteiger partial charge in [0, 0.05) is 12.1 Å². The van der Waals surface area contributed by atoms with Gasteiger partial charge in [0.1, 0.15) is 17.4 Å². The molecule has 1 amide bonds. The maximum Gasteiger partial charge on any atom is 0.408 e. The summed E-state index contributed by atoms with van der Waals surface area (Å²) in [5.74, 6) is -1.35. The Morgan fingerprint density at radius 3 is 2.52 bits per heavy atom. The fourth-order valence-corrected chi connectivity index (χ4v) is 1.60. The van der Waals surface area contributed by atoms with Gasteiger partial charge in [-0.05, 0) is 39.8 Å². The number of aryl methyl sites for hydroxylation is 1. The Morgan fingerprint density at radius 2 is 2.00 bits per heavy atom. The lowest BCUT2D eigenvalue weighted by Crippen LogP contribution is -2.44. The number of pyridine rings is 1. The maximum atomic E-state index is 11.6. The third-order valence-corrected chi connectivity index (χ3v) is 2.48. The van der Waals surface area contributed by atoms with Crippen LogP contribution in [-0.2, 0) is 16.0 Å². The molecule has 0 radical (unpaired) electrons. The number of aliphatic carboxylic acids is 1. The Bertz CT molecular complexity index is 537. The van der Waals surface area contributed by atoms with Crippen molar-refractivity contribution >= 4 is 12.1 Å². The lowest BCUT2D eigenvalue weighted by Gasteiger charge is -2.22. The van der Waals surface area contributed by atoms with Crippen molar-refractivity contribution in [3.8, 4) is 5.75 Å². The van der Waals surface area contributed by atoms with Crippen molar-refractivity contribution in [2.24, 2.45) is 0 Å². The largest absolute Gasteiger partial charge is 0.506 e. The second kappa shape index (κ2) is 6.43. The van der Waals surface area contributed by atoms with E-state index < -0.39 is 23.7 Å². The first-order valence-electron chi connectivity index (χ1n) is 6.46. The van der Waals surface area contributed by atoms with Crippen LogP contribution in [0.15, 0.2) is 12.1 Å². The molecule has 7 nitrogen and oxygen atoms in total. The second-order valence-corrected chi connectivity index (χ2v) is 5.66. The zero-order valence-electron chi connectivity index (χ0n) is 12.5. The van der Waals surface area contributed by atoms with Gasteiger partial charge in [-0.3, -0.25) is 4.98 Å². The van der Waals surface area contributed by atoms with Crippen LogP contribution in [0.1, 0.15) is 32.2 Å². The molecule has 1 rings (SSSR count). The molecule has 0 aliphatic heterocycles. The summed E-state index contributed by atoms with van der Waals surface area (Å²) in [6.07, 6.45) is -0.968. The smallest absolute Gasteiger partial charge is 0.408 e. The van der Waals surface area contributed by atoms with Gasteiger partial charge < -0.3 is 20.3 Å². The molecule has 7 heteroatoms. The number of carboxylic acids is 1. The number of nitrogens with zero attached hydrogens (tertiary/aromatic N) is 1. The number of hydrogen-bond acceptors (Lipinski definition) is 5. The molecule has 0 saturated carbocycles. The Hall–Kier alpha value is -2.31. The number of rotatable bonds is 4. The summed E-state index contributed by atoms with van der Waals surface area (Å²) in [4.78, 5) is 26.9. The minimum atomic E-state index is -1.24. The summed E-state index contributed by atoms with van der Waals surface area (Å²) in [6, 6.07) is 1.81. The topological polar surface area (TPSA) is 109 Å². The molecule has 1 atom stereocenters. The standard InChI is InChI=1S/C14H20N2O5/c1-8-5-6-11(17)9(15-8)7-10(12(18)19)16-13(20)21-14(2,3)4/h5-6,10,17H,7H2,1-4H3,(H,16,20)(H,18,19). The number of aromatic nitrogens is 1. The Balaban J connectivity index is 2.81. The van der Waals surface area contributed by atoms with Gasteiger partial charge in [-0.25, -0.2) is 9.59 Å². The van der Waals surface area contributed by atoms with E-state index in [9.17, 15) is 14.7 Å². The van der Waals surface area contributed by atoms with Crippen molar-refractivity contribution in [1.29, 1.82) is 0 Å². The number of carbonyl (C=O) groups is 2. The molecule has 0 bridgehead atoms. The van der Waals surface area contributed by atoms with Crippen LogP contribution in [0, 0.1) is 6.92 Å². The van der Waals surface area contributed by atoms with E-state index in [0.717, 1.165) is 0 Å². The molecule has 0 aliphatic carbocycles. The number of alkyl carbamates (subject to hydrolysis) is 1. The molecule has 3 N–H and O–H groups in total. The van der Waals surface area contributed by atoms with Crippen LogP contribution in [-0.4, -0.2) is 38.9 Å². The minimum Gasteiger partial charge on any atom is -0.506 e. The third-order valence-electron chi connectivity index (χ3n) is 2.48. The third kappa shape index (κ3) is 5.68. The second-order valence-electron chi connectivity index (χ2n) is 5.66. The molecule has 1 aromatic rings. The summed E-state index contributed by atoms with van der Waals surface area (Å²) < 4.78 is 5.01. The summed E-state index contributed by atoms with van der Waals surface area (Å²) >= 11 is 0. The van der Waals surface area contributed by atoms with E-state index in [1.54, 1.807) is 33.8 Å². The van der Waals surface area contributed by atoms with Gasteiger partial charge in [0.2, 0.25) is 0 Å². The van der Waals surface area contributed by atoms with E-state index >= 15 is 0 Å². The van der Waals surface area contributed by atoms with Crippen molar-refractivity contribution in [2.75, 3.05) is 0 Å². The minimum absolute atomic E-state index is 0.113. The van der Waals surface area contributed by atoms with Crippen LogP contribution in [0.5, 0.6) is 5.75 Å². The van der Waals surface area contributed by atoms with Gasteiger partial charge in [-0.15, -0.1) is 0 Å².